The van der Waals surface area contributed by atoms with Crippen molar-refractivity contribution in [2.75, 3.05) is 19.7 Å². The number of pyridine rings is 1. The quantitative estimate of drug-likeness (QED) is 0.276. The first kappa shape index (κ1) is 22.0. The van der Waals surface area contributed by atoms with Crippen LogP contribution in [0.5, 0.6) is 5.75 Å². The van der Waals surface area contributed by atoms with Gasteiger partial charge in [0.25, 0.3) is 0 Å². The van der Waals surface area contributed by atoms with E-state index in [-0.39, 0.29) is 42.3 Å². The monoisotopic (exact) mass is 480 g/mol. The van der Waals surface area contributed by atoms with Gasteiger partial charge in [0.2, 0.25) is 0 Å². The second kappa shape index (κ2) is 10.8. The number of ether oxygens (including phenoxy) is 1. The number of nitrogens with zero attached hydrogens (tertiary/aromatic N) is 2. The molecule has 142 valence electrons. The first-order valence-electron chi connectivity index (χ1n) is 7.69. The minimum absolute atomic E-state index is 0. The molecular weight excluding hydrogens is 460 g/mol. The Bertz CT molecular complexity index is 696. The molecule has 0 unspecified atom stereocenters. The third kappa shape index (κ3) is 7.89. The highest BCUT2D eigenvalue weighted by atomic mass is 127. The topological polar surface area (TPSA) is 72.5 Å². The van der Waals surface area contributed by atoms with Gasteiger partial charge in [0.1, 0.15) is 12.4 Å². The normalized spacial score (nSPS) is 11.6. The lowest BCUT2D eigenvalue weighted by Crippen LogP contribution is -2.35. The van der Waals surface area contributed by atoms with Gasteiger partial charge in [0.05, 0.1) is 12.1 Å². The summed E-state index contributed by atoms with van der Waals surface area (Å²) >= 11 is 0. The molecule has 9 heteroatoms. The third-order valence-electron chi connectivity index (χ3n) is 3.21. The molecule has 2 rings (SSSR count). The maximum absolute atomic E-state index is 12.6. The molecule has 0 aliphatic heterocycles. The number of nitrogens with two attached hydrogens (primary N) is 1. The molecule has 1 aromatic heterocycles. The second-order valence-corrected chi connectivity index (χ2v) is 5.14. The van der Waals surface area contributed by atoms with Crippen LogP contribution in [0.15, 0.2) is 53.7 Å². The maximum Gasteiger partial charge on any atom is 0.416 e. The van der Waals surface area contributed by atoms with Crippen molar-refractivity contribution >= 4 is 29.9 Å². The summed E-state index contributed by atoms with van der Waals surface area (Å²) in [5, 5.41) is 2.84. The van der Waals surface area contributed by atoms with Crippen molar-refractivity contribution in [3.05, 3.63) is 59.9 Å². The number of halogens is 4. The Labute approximate surface area is 166 Å². The molecule has 0 aliphatic rings. The van der Waals surface area contributed by atoms with Crippen LogP contribution in [0.2, 0.25) is 0 Å². The Kier molecular flexibility index (Phi) is 9.17. The number of hydrogen-bond donors (Lipinski definition) is 2. The molecule has 5 nitrogen and oxygen atoms in total. The van der Waals surface area contributed by atoms with Crippen LogP contribution in [-0.4, -0.2) is 30.6 Å². The van der Waals surface area contributed by atoms with E-state index in [4.69, 9.17) is 10.5 Å². The largest absolute Gasteiger partial charge is 0.492 e. The van der Waals surface area contributed by atoms with Crippen LogP contribution >= 0.6 is 24.0 Å². The number of rotatable bonds is 7. The number of hydrogen-bond acceptors (Lipinski definition) is 3. The van der Waals surface area contributed by atoms with Gasteiger partial charge < -0.3 is 15.8 Å². The number of aromatic nitrogens is 1. The second-order valence-electron chi connectivity index (χ2n) is 5.14. The molecule has 0 saturated carbocycles. The molecule has 3 N–H and O–H groups in total. The van der Waals surface area contributed by atoms with Gasteiger partial charge in [-0.25, -0.2) is 0 Å². The van der Waals surface area contributed by atoms with E-state index in [9.17, 15) is 13.2 Å². The Balaban J connectivity index is 0.00000338. The highest BCUT2D eigenvalue weighted by molar-refractivity contribution is 14.0. The minimum Gasteiger partial charge on any atom is -0.492 e. The standard InChI is InChI=1S/C17H19F3N4O.HI/c18-17(19,20)13-4-3-6-15(12-13)25-11-10-24-16(21)23-9-7-14-5-1-2-8-22-14;/h1-6,8,12H,7,9-11H2,(H3,21,23,24);1H. The molecule has 0 atom stereocenters. The molecule has 1 heterocycles. The lowest BCUT2D eigenvalue weighted by molar-refractivity contribution is -0.137. The Morgan fingerprint density at radius 1 is 1.19 bits per heavy atom. The van der Waals surface area contributed by atoms with Crippen LogP contribution in [-0.2, 0) is 12.6 Å². The number of aliphatic imine (C=N–C) groups is 1. The SMILES string of the molecule is I.NC(=NCCc1ccccn1)NCCOc1cccc(C(F)(F)F)c1. The highest BCUT2D eigenvalue weighted by Crippen LogP contribution is 2.31. The van der Waals surface area contributed by atoms with Gasteiger partial charge in [-0.1, -0.05) is 12.1 Å². The van der Waals surface area contributed by atoms with E-state index in [1.807, 2.05) is 18.2 Å². The Hall–Kier alpha value is -2.04. The first-order chi connectivity index (χ1) is 11.9. The molecule has 1 aromatic carbocycles. The maximum atomic E-state index is 12.6. The lowest BCUT2D eigenvalue weighted by Gasteiger charge is -2.11. The van der Waals surface area contributed by atoms with Gasteiger partial charge in [0.15, 0.2) is 5.96 Å². The van der Waals surface area contributed by atoms with E-state index in [0.717, 1.165) is 17.8 Å². The van der Waals surface area contributed by atoms with Crippen LogP contribution in [0.1, 0.15) is 11.3 Å². The fraction of sp³-hybridized carbons (Fsp3) is 0.294. The Morgan fingerprint density at radius 2 is 2.00 bits per heavy atom. The summed E-state index contributed by atoms with van der Waals surface area (Å²) in [6.07, 6.45) is -2.00. The van der Waals surface area contributed by atoms with Crippen molar-refractivity contribution < 1.29 is 17.9 Å². The van der Waals surface area contributed by atoms with E-state index in [2.05, 4.69) is 15.3 Å². The zero-order valence-electron chi connectivity index (χ0n) is 13.9. The summed E-state index contributed by atoms with van der Waals surface area (Å²) < 4.78 is 43.1. The van der Waals surface area contributed by atoms with Crippen LogP contribution in [0.25, 0.3) is 0 Å². The van der Waals surface area contributed by atoms with E-state index in [1.165, 1.54) is 12.1 Å². The predicted molar refractivity (Wildman–Crippen MR) is 105 cm³/mol. The van der Waals surface area contributed by atoms with Gasteiger partial charge in [-0.2, -0.15) is 13.2 Å². The highest BCUT2D eigenvalue weighted by Gasteiger charge is 2.30. The minimum atomic E-state index is -4.39. The number of guanidine groups is 1. The zero-order chi connectivity index (χ0) is 18.1. The van der Waals surface area contributed by atoms with Crippen LogP contribution < -0.4 is 15.8 Å². The van der Waals surface area contributed by atoms with Gasteiger partial charge >= 0.3 is 6.18 Å². The van der Waals surface area contributed by atoms with Crippen molar-refractivity contribution in [3.63, 3.8) is 0 Å². The number of benzene rings is 1. The summed E-state index contributed by atoms with van der Waals surface area (Å²) in [5.41, 5.74) is 5.89. The summed E-state index contributed by atoms with van der Waals surface area (Å²) in [5.74, 6) is 0.408. The molecule has 0 fully saturated rings. The average Bonchev–Trinajstić information content (AvgIpc) is 2.59. The molecule has 0 spiro atoms. The van der Waals surface area contributed by atoms with E-state index < -0.39 is 11.7 Å². The van der Waals surface area contributed by atoms with Gasteiger partial charge in [-0.3, -0.25) is 9.98 Å². The number of alkyl halides is 3. The van der Waals surface area contributed by atoms with Crippen LogP contribution in [0.4, 0.5) is 13.2 Å². The molecule has 0 radical (unpaired) electrons. The molecule has 2 aromatic rings. The van der Waals surface area contributed by atoms with Gasteiger partial charge in [-0.15, -0.1) is 24.0 Å². The summed E-state index contributed by atoms with van der Waals surface area (Å²) in [6.45, 7) is 0.983. The molecule has 0 saturated heterocycles. The predicted octanol–water partition coefficient (Wildman–Crippen LogP) is 3.24. The average molecular weight is 480 g/mol. The zero-order valence-corrected chi connectivity index (χ0v) is 16.2. The van der Waals surface area contributed by atoms with E-state index in [0.29, 0.717) is 19.5 Å². The van der Waals surface area contributed by atoms with E-state index in [1.54, 1.807) is 6.20 Å². The molecular formula is C17H20F3IN4O. The van der Waals surface area contributed by atoms with E-state index >= 15 is 0 Å². The molecule has 0 aliphatic carbocycles. The van der Waals surface area contributed by atoms with Crippen molar-refractivity contribution in [3.8, 4) is 5.75 Å². The molecule has 26 heavy (non-hydrogen) atoms. The number of nitrogens with one attached hydrogen (secondary N) is 1. The summed E-state index contributed by atoms with van der Waals surface area (Å²) in [7, 11) is 0. The summed E-state index contributed by atoms with van der Waals surface area (Å²) in [6, 6.07) is 10.4. The van der Waals surface area contributed by atoms with Crippen LogP contribution in [0, 0.1) is 0 Å². The van der Waals surface area contributed by atoms with Crippen molar-refractivity contribution in [1.29, 1.82) is 0 Å². The Morgan fingerprint density at radius 3 is 2.69 bits per heavy atom. The first-order valence-corrected chi connectivity index (χ1v) is 7.69. The van der Waals surface area contributed by atoms with Crippen molar-refractivity contribution in [2.45, 2.75) is 12.6 Å². The van der Waals surface area contributed by atoms with Gasteiger partial charge in [-0.05, 0) is 30.3 Å². The molecule has 0 amide bonds. The fourth-order valence-electron chi connectivity index (χ4n) is 2.00. The third-order valence-corrected chi connectivity index (χ3v) is 3.21. The lowest BCUT2D eigenvalue weighted by atomic mass is 10.2. The van der Waals surface area contributed by atoms with Crippen LogP contribution in [0.3, 0.4) is 0 Å². The fourth-order valence-corrected chi connectivity index (χ4v) is 2.00. The van der Waals surface area contributed by atoms with Gasteiger partial charge in [0, 0.05) is 24.9 Å². The molecule has 0 bridgehead atoms. The van der Waals surface area contributed by atoms with Crippen molar-refractivity contribution in [2.24, 2.45) is 10.7 Å². The summed E-state index contributed by atoms with van der Waals surface area (Å²) in [4.78, 5) is 8.33. The van der Waals surface area contributed by atoms with Crippen molar-refractivity contribution in [1.82, 2.24) is 10.3 Å². The smallest absolute Gasteiger partial charge is 0.416 e.